The zero-order valence-electron chi connectivity index (χ0n) is 10.1. The van der Waals surface area contributed by atoms with Crippen LogP contribution in [0.1, 0.15) is 26.6 Å². The average molecular weight is 218 g/mol. The van der Waals surface area contributed by atoms with Gasteiger partial charge in [-0.2, -0.15) is 0 Å². The molecule has 16 heavy (non-hydrogen) atoms. The molecule has 0 unspecified atom stereocenters. The lowest BCUT2D eigenvalue weighted by Gasteiger charge is -2.25. The van der Waals surface area contributed by atoms with Crippen molar-refractivity contribution >= 4 is 0 Å². The highest BCUT2D eigenvalue weighted by molar-refractivity contribution is 4.89. The summed E-state index contributed by atoms with van der Waals surface area (Å²) in [5.74, 6) is 0.774. The molecule has 0 saturated heterocycles. The largest absolute Gasteiger partial charge is 0.299 e. The fourth-order valence-corrected chi connectivity index (χ4v) is 1.54. The minimum absolute atomic E-state index is 0.180. The summed E-state index contributed by atoms with van der Waals surface area (Å²) in [6, 6.07) is 1.80. The van der Waals surface area contributed by atoms with Gasteiger partial charge < -0.3 is 0 Å². The third kappa shape index (κ3) is 4.85. The van der Waals surface area contributed by atoms with Gasteiger partial charge in [0.1, 0.15) is 5.82 Å². The fraction of sp³-hybridized carbons (Fsp3) is 0.583. The third-order valence-electron chi connectivity index (χ3n) is 1.95. The first-order valence-electron chi connectivity index (χ1n) is 5.33. The monoisotopic (exact) mass is 218 g/mol. The fourth-order valence-electron chi connectivity index (χ4n) is 1.54. The van der Waals surface area contributed by atoms with Crippen LogP contribution >= 0.6 is 0 Å². The Morgan fingerprint density at radius 3 is 2.44 bits per heavy atom. The van der Waals surface area contributed by atoms with Gasteiger partial charge in [-0.15, -0.1) is 0 Å². The van der Waals surface area contributed by atoms with Crippen LogP contribution in [-0.2, 0) is 6.54 Å². The van der Waals surface area contributed by atoms with Gasteiger partial charge in [0.05, 0.1) is 6.54 Å². The van der Waals surface area contributed by atoms with Crippen LogP contribution in [0.25, 0.3) is 4.85 Å². The van der Waals surface area contributed by atoms with Crippen molar-refractivity contribution < 1.29 is 0 Å². The maximum atomic E-state index is 6.95. The molecule has 0 atom stereocenters. The molecule has 1 rings (SSSR count). The van der Waals surface area contributed by atoms with Gasteiger partial charge in [0.2, 0.25) is 0 Å². The molecule has 0 N–H and O–H groups in total. The van der Waals surface area contributed by atoms with Crippen molar-refractivity contribution in [2.75, 3.05) is 13.2 Å². The molecular formula is C12H18N4. The summed E-state index contributed by atoms with van der Waals surface area (Å²) in [4.78, 5) is 13.9. The van der Waals surface area contributed by atoms with Crippen LogP contribution in [0.15, 0.2) is 18.5 Å². The van der Waals surface area contributed by atoms with Crippen LogP contribution in [-0.4, -0.2) is 28.1 Å². The molecule has 0 amide bonds. The van der Waals surface area contributed by atoms with E-state index in [1.807, 2.05) is 0 Å². The van der Waals surface area contributed by atoms with Crippen LogP contribution in [0.2, 0.25) is 0 Å². The number of rotatable bonds is 4. The van der Waals surface area contributed by atoms with Crippen molar-refractivity contribution in [1.29, 1.82) is 0 Å². The first kappa shape index (κ1) is 12.6. The van der Waals surface area contributed by atoms with E-state index in [-0.39, 0.29) is 5.41 Å². The zero-order valence-corrected chi connectivity index (χ0v) is 10.1. The average Bonchev–Trinajstić information content (AvgIpc) is 2.17. The summed E-state index contributed by atoms with van der Waals surface area (Å²) in [5, 5.41) is 0. The van der Waals surface area contributed by atoms with Gasteiger partial charge in [0.15, 0.2) is 0 Å². The first-order valence-corrected chi connectivity index (χ1v) is 5.33. The Balaban J connectivity index is 2.62. The molecule has 1 aromatic heterocycles. The summed E-state index contributed by atoms with van der Waals surface area (Å²) in [7, 11) is 0. The molecule has 0 saturated carbocycles. The van der Waals surface area contributed by atoms with Crippen LogP contribution in [0.3, 0.4) is 0 Å². The molecule has 0 aliphatic rings. The molecule has 1 heterocycles. The quantitative estimate of drug-likeness (QED) is 0.726. The maximum Gasteiger partial charge on any atom is 0.271 e. The SMILES string of the molecule is [C-]#[N+]CN(Cc1ncccn1)CC(C)(C)C. The molecule has 86 valence electrons. The van der Waals surface area contributed by atoms with Crippen molar-refractivity contribution in [3.8, 4) is 0 Å². The minimum Gasteiger partial charge on any atom is -0.299 e. The highest BCUT2D eigenvalue weighted by Gasteiger charge is 2.18. The van der Waals surface area contributed by atoms with E-state index in [0.717, 1.165) is 12.4 Å². The summed E-state index contributed by atoms with van der Waals surface area (Å²) >= 11 is 0. The van der Waals surface area contributed by atoms with Crippen molar-refractivity contribution in [2.24, 2.45) is 5.41 Å². The lowest BCUT2D eigenvalue weighted by Crippen LogP contribution is -2.32. The van der Waals surface area contributed by atoms with E-state index in [9.17, 15) is 0 Å². The van der Waals surface area contributed by atoms with E-state index in [0.29, 0.717) is 13.2 Å². The third-order valence-corrected chi connectivity index (χ3v) is 1.95. The number of aromatic nitrogens is 2. The van der Waals surface area contributed by atoms with Gasteiger partial charge in [-0.05, 0) is 11.5 Å². The van der Waals surface area contributed by atoms with E-state index >= 15 is 0 Å². The van der Waals surface area contributed by atoms with Crippen LogP contribution in [0.4, 0.5) is 0 Å². The number of hydrogen-bond acceptors (Lipinski definition) is 3. The molecule has 0 bridgehead atoms. The second-order valence-corrected chi connectivity index (χ2v) is 5.01. The molecule has 0 fully saturated rings. The molecule has 0 aliphatic heterocycles. The highest BCUT2D eigenvalue weighted by Crippen LogP contribution is 2.16. The zero-order chi connectivity index (χ0) is 12.0. The molecule has 0 aliphatic carbocycles. The van der Waals surface area contributed by atoms with Crippen LogP contribution < -0.4 is 0 Å². The predicted molar refractivity (Wildman–Crippen MR) is 63.4 cm³/mol. The van der Waals surface area contributed by atoms with E-state index in [1.54, 1.807) is 18.5 Å². The Bertz CT molecular complexity index is 348. The Kier molecular flexibility index (Phi) is 4.39. The molecule has 1 aromatic rings. The molecule has 0 spiro atoms. The summed E-state index contributed by atoms with van der Waals surface area (Å²) in [6.07, 6.45) is 3.46. The maximum absolute atomic E-state index is 6.95. The van der Waals surface area contributed by atoms with E-state index < -0.39 is 0 Å². The topological polar surface area (TPSA) is 33.4 Å². The Morgan fingerprint density at radius 1 is 1.31 bits per heavy atom. The second-order valence-electron chi connectivity index (χ2n) is 5.01. The van der Waals surface area contributed by atoms with Gasteiger partial charge in [-0.25, -0.2) is 21.4 Å². The van der Waals surface area contributed by atoms with Crippen molar-refractivity contribution in [1.82, 2.24) is 14.9 Å². The van der Waals surface area contributed by atoms with Crippen LogP contribution in [0.5, 0.6) is 0 Å². The van der Waals surface area contributed by atoms with E-state index in [1.165, 1.54) is 0 Å². The molecule has 4 heteroatoms. The Labute approximate surface area is 97.2 Å². The smallest absolute Gasteiger partial charge is 0.271 e. The van der Waals surface area contributed by atoms with Gasteiger partial charge in [-0.3, -0.25) is 4.85 Å². The Morgan fingerprint density at radius 2 is 1.94 bits per heavy atom. The van der Waals surface area contributed by atoms with Gasteiger partial charge >= 0.3 is 0 Å². The molecule has 0 radical (unpaired) electrons. The van der Waals surface area contributed by atoms with E-state index in [2.05, 4.69) is 40.5 Å². The van der Waals surface area contributed by atoms with Crippen molar-refractivity contribution in [3.05, 3.63) is 35.7 Å². The number of nitrogens with zero attached hydrogens (tertiary/aromatic N) is 4. The van der Waals surface area contributed by atoms with Crippen molar-refractivity contribution in [2.45, 2.75) is 27.3 Å². The predicted octanol–water partition coefficient (Wildman–Crippen LogP) is 2.20. The van der Waals surface area contributed by atoms with Crippen LogP contribution in [0, 0.1) is 12.0 Å². The summed E-state index contributed by atoms with van der Waals surface area (Å²) < 4.78 is 0. The standard InChI is InChI=1S/C12H18N4/c1-12(2,3)9-16(10-13-4)8-11-14-6-5-7-15-11/h5-7H,8-10H2,1-3H3. The normalized spacial score (nSPS) is 11.4. The summed E-state index contributed by atoms with van der Waals surface area (Å²) in [6.45, 7) is 15.3. The molecule has 4 nitrogen and oxygen atoms in total. The number of hydrogen-bond donors (Lipinski definition) is 0. The summed E-state index contributed by atoms with van der Waals surface area (Å²) in [5.41, 5.74) is 0.180. The van der Waals surface area contributed by atoms with Gasteiger partial charge in [0, 0.05) is 18.9 Å². The van der Waals surface area contributed by atoms with Gasteiger partial charge in [0.25, 0.3) is 6.67 Å². The highest BCUT2D eigenvalue weighted by atomic mass is 15.2. The Hall–Kier alpha value is -1.47. The molecule has 0 aromatic carbocycles. The molecular weight excluding hydrogens is 200 g/mol. The second kappa shape index (κ2) is 5.57. The van der Waals surface area contributed by atoms with Gasteiger partial charge in [-0.1, -0.05) is 20.8 Å². The van der Waals surface area contributed by atoms with Crippen molar-refractivity contribution in [3.63, 3.8) is 0 Å². The minimum atomic E-state index is 0.180. The lowest BCUT2D eigenvalue weighted by atomic mass is 9.96. The van der Waals surface area contributed by atoms with E-state index in [4.69, 9.17) is 6.57 Å². The first-order chi connectivity index (χ1) is 7.51. The lowest BCUT2D eigenvalue weighted by molar-refractivity contribution is 0.196.